The third-order valence-electron chi connectivity index (χ3n) is 7.13. The number of nitrogens with zero attached hydrogens (tertiary/aromatic N) is 2. The molecule has 0 aliphatic carbocycles. The second-order valence-corrected chi connectivity index (χ2v) is 9.15. The number of carbonyl (C=O) groups excluding carboxylic acids is 1. The van der Waals surface area contributed by atoms with Crippen molar-refractivity contribution in [3.8, 4) is 22.3 Å². The van der Waals surface area contributed by atoms with E-state index in [0.717, 1.165) is 55.1 Å². The van der Waals surface area contributed by atoms with E-state index in [0.29, 0.717) is 35.1 Å². The molecule has 0 radical (unpaired) electrons. The van der Waals surface area contributed by atoms with E-state index in [2.05, 4.69) is 15.2 Å². The van der Waals surface area contributed by atoms with Gasteiger partial charge in [-0.05, 0) is 47.4 Å². The van der Waals surface area contributed by atoms with Gasteiger partial charge in [-0.3, -0.25) is 4.79 Å². The third-order valence-corrected chi connectivity index (χ3v) is 7.13. The molecule has 2 saturated heterocycles. The van der Waals surface area contributed by atoms with Gasteiger partial charge in [-0.15, -0.1) is 0 Å². The average Bonchev–Trinajstić information content (AvgIpc) is 3.42. The van der Waals surface area contributed by atoms with Crippen molar-refractivity contribution in [3.05, 3.63) is 65.6 Å². The predicted octanol–water partition coefficient (Wildman–Crippen LogP) is 3.51. The number of rotatable bonds is 3. The molecule has 1 amide bonds. The largest absolute Gasteiger partial charge is 0.383 e. The van der Waals surface area contributed by atoms with Crippen LogP contribution in [0.25, 0.3) is 22.3 Å². The van der Waals surface area contributed by atoms with Crippen LogP contribution in [-0.2, 0) is 11.2 Å². The molecule has 2 atom stereocenters. The van der Waals surface area contributed by atoms with Crippen molar-refractivity contribution < 1.29 is 13.9 Å². The zero-order chi connectivity index (χ0) is 22.5. The first kappa shape index (κ1) is 20.2. The number of anilines is 2. The van der Waals surface area contributed by atoms with Crippen LogP contribution in [0.2, 0.25) is 0 Å². The van der Waals surface area contributed by atoms with Crippen molar-refractivity contribution in [1.82, 2.24) is 10.3 Å². The third kappa shape index (κ3) is 3.53. The minimum Gasteiger partial charge on any atom is -0.383 e. The lowest BCUT2D eigenvalue weighted by molar-refractivity contribution is 0.0946. The van der Waals surface area contributed by atoms with Gasteiger partial charge in [0.15, 0.2) is 0 Å². The highest BCUT2D eigenvalue weighted by molar-refractivity contribution is 5.97. The monoisotopic (exact) mass is 444 g/mol. The fourth-order valence-electron chi connectivity index (χ4n) is 5.28. The number of pyridine rings is 1. The van der Waals surface area contributed by atoms with Crippen LogP contribution in [0.3, 0.4) is 0 Å². The van der Waals surface area contributed by atoms with Crippen molar-refractivity contribution in [2.75, 3.05) is 43.5 Å². The van der Waals surface area contributed by atoms with Gasteiger partial charge in [0.05, 0.1) is 13.2 Å². The first-order chi connectivity index (χ1) is 16.1. The van der Waals surface area contributed by atoms with Gasteiger partial charge < -0.3 is 20.7 Å². The number of nitrogens with two attached hydrogens (primary N) is 1. The van der Waals surface area contributed by atoms with Crippen LogP contribution >= 0.6 is 0 Å². The van der Waals surface area contributed by atoms with Gasteiger partial charge in [0.25, 0.3) is 5.91 Å². The number of nitrogen functional groups attached to an aromatic ring is 1. The van der Waals surface area contributed by atoms with E-state index in [1.807, 2.05) is 36.4 Å². The smallest absolute Gasteiger partial charge is 0.251 e. The Kier molecular flexibility index (Phi) is 4.80. The molecule has 4 heterocycles. The Hall–Kier alpha value is -3.45. The Balaban J connectivity index is 1.31. The topological polar surface area (TPSA) is 80.5 Å². The summed E-state index contributed by atoms with van der Waals surface area (Å²) in [6.45, 7) is 4.30. The highest BCUT2D eigenvalue weighted by Crippen LogP contribution is 2.36. The number of amides is 1. The Morgan fingerprint density at radius 2 is 1.70 bits per heavy atom. The predicted molar refractivity (Wildman–Crippen MR) is 126 cm³/mol. The van der Waals surface area contributed by atoms with Gasteiger partial charge in [-0.2, -0.15) is 4.39 Å². The van der Waals surface area contributed by atoms with E-state index in [4.69, 9.17) is 10.5 Å². The van der Waals surface area contributed by atoms with Crippen LogP contribution < -0.4 is 16.0 Å². The summed E-state index contributed by atoms with van der Waals surface area (Å²) in [4.78, 5) is 18.4. The molecule has 3 aromatic rings. The molecule has 7 heteroatoms. The number of halogens is 1. The van der Waals surface area contributed by atoms with Gasteiger partial charge in [-0.1, -0.05) is 24.3 Å². The number of fused-ring (bicyclic) bond motifs is 2. The maximum atomic E-state index is 14.8. The molecule has 0 bridgehead atoms. The fraction of sp³-hybridized carbons (Fsp3) is 0.308. The number of carbonyl (C=O) groups is 1. The van der Waals surface area contributed by atoms with Crippen LogP contribution in [0.1, 0.15) is 15.9 Å². The van der Waals surface area contributed by atoms with E-state index in [1.165, 1.54) is 0 Å². The quantitative estimate of drug-likeness (QED) is 0.605. The molecule has 0 spiro atoms. The Bertz CT molecular complexity index is 1230. The van der Waals surface area contributed by atoms with Crippen LogP contribution in [0.4, 0.5) is 15.9 Å². The van der Waals surface area contributed by atoms with Crippen LogP contribution in [0, 0.1) is 17.8 Å². The van der Waals surface area contributed by atoms with Gasteiger partial charge in [0.2, 0.25) is 5.95 Å². The molecule has 3 aliphatic heterocycles. The number of nitrogens with one attached hydrogen (secondary N) is 1. The summed E-state index contributed by atoms with van der Waals surface area (Å²) >= 11 is 0. The molecule has 168 valence electrons. The Labute approximate surface area is 191 Å². The Morgan fingerprint density at radius 1 is 0.970 bits per heavy atom. The first-order valence-electron chi connectivity index (χ1n) is 11.4. The molecular formula is C26H25FN4O2. The minimum atomic E-state index is -0.589. The summed E-state index contributed by atoms with van der Waals surface area (Å²) in [5.74, 6) is 0.693. The zero-order valence-electron chi connectivity index (χ0n) is 18.2. The lowest BCUT2D eigenvalue weighted by Crippen LogP contribution is -2.31. The number of aromatic nitrogens is 1. The number of hydrogen-bond acceptors (Lipinski definition) is 5. The SMILES string of the molecule is Nc1nc(F)c(-c2ccc(N3C[C@H]4COC[C@H]4C3)cc2)cc1-c1ccc2c(c1)CCNC2=O. The van der Waals surface area contributed by atoms with Gasteiger partial charge in [0, 0.05) is 53.8 Å². The summed E-state index contributed by atoms with van der Waals surface area (Å²) in [7, 11) is 0. The van der Waals surface area contributed by atoms with E-state index in [-0.39, 0.29) is 11.7 Å². The molecule has 0 unspecified atom stereocenters. The van der Waals surface area contributed by atoms with E-state index in [1.54, 1.807) is 12.1 Å². The van der Waals surface area contributed by atoms with E-state index in [9.17, 15) is 9.18 Å². The second-order valence-electron chi connectivity index (χ2n) is 9.15. The molecule has 0 saturated carbocycles. The molecule has 6 nitrogen and oxygen atoms in total. The van der Waals surface area contributed by atoms with Gasteiger partial charge in [-0.25, -0.2) is 4.98 Å². The zero-order valence-corrected chi connectivity index (χ0v) is 18.2. The van der Waals surface area contributed by atoms with Crippen LogP contribution in [0.5, 0.6) is 0 Å². The van der Waals surface area contributed by atoms with Crippen molar-refractivity contribution in [1.29, 1.82) is 0 Å². The highest BCUT2D eigenvalue weighted by atomic mass is 19.1. The average molecular weight is 445 g/mol. The number of ether oxygens (including phenoxy) is 1. The highest BCUT2D eigenvalue weighted by Gasteiger charge is 2.37. The molecule has 6 rings (SSSR count). The van der Waals surface area contributed by atoms with Gasteiger partial charge >= 0.3 is 0 Å². The Morgan fingerprint density at radius 3 is 2.45 bits per heavy atom. The molecule has 2 fully saturated rings. The van der Waals surface area contributed by atoms with Crippen molar-refractivity contribution in [3.63, 3.8) is 0 Å². The standard InChI is InChI=1S/C26H25FN4O2/c27-24-22(15-1-4-20(5-2-15)31-11-18-13-33-14-19(18)12-31)10-23(25(28)30-24)16-3-6-21-17(9-16)7-8-29-26(21)32/h1-6,9-10,18-19H,7-8,11-14H2,(H2,28,30)(H,29,32)/t18-,19+. The van der Waals surface area contributed by atoms with Crippen molar-refractivity contribution in [2.24, 2.45) is 11.8 Å². The summed E-state index contributed by atoms with van der Waals surface area (Å²) < 4.78 is 20.4. The molecule has 2 aromatic carbocycles. The van der Waals surface area contributed by atoms with Crippen LogP contribution in [-0.4, -0.2) is 43.7 Å². The molecule has 33 heavy (non-hydrogen) atoms. The molecule has 3 aliphatic rings. The minimum absolute atomic E-state index is 0.0667. The normalized spacial score (nSPS) is 21.6. The van der Waals surface area contributed by atoms with Crippen LogP contribution in [0.15, 0.2) is 48.5 Å². The number of benzene rings is 2. The summed E-state index contributed by atoms with van der Waals surface area (Å²) in [5, 5.41) is 2.85. The lowest BCUT2D eigenvalue weighted by Gasteiger charge is -2.20. The fourth-order valence-corrected chi connectivity index (χ4v) is 5.28. The molecule has 3 N–H and O–H groups in total. The maximum absolute atomic E-state index is 14.8. The lowest BCUT2D eigenvalue weighted by atomic mass is 9.94. The number of hydrogen-bond donors (Lipinski definition) is 2. The molecule has 1 aromatic heterocycles. The summed E-state index contributed by atoms with van der Waals surface area (Å²) in [6, 6.07) is 15.3. The van der Waals surface area contributed by atoms with Gasteiger partial charge in [0.1, 0.15) is 5.82 Å². The van der Waals surface area contributed by atoms with Crippen molar-refractivity contribution in [2.45, 2.75) is 6.42 Å². The summed E-state index contributed by atoms with van der Waals surface area (Å²) in [6.07, 6.45) is 0.752. The first-order valence-corrected chi connectivity index (χ1v) is 11.4. The molecular weight excluding hydrogens is 419 g/mol. The summed E-state index contributed by atoms with van der Waals surface area (Å²) in [5.41, 5.74) is 11.5. The maximum Gasteiger partial charge on any atom is 0.251 e. The van der Waals surface area contributed by atoms with E-state index >= 15 is 0 Å². The van der Waals surface area contributed by atoms with Crippen molar-refractivity contribution >= 4 is 17.4 Å². The van der Waals surface area contributed by atoms with E-state index < -0.39 is 5.95 Å². The second kappa shape index (κ2) is 7.85.